The average Bonchev–Trinajstić information content (AvgIpc) is 2.95. The number of imidazole rings is 1. The van der Waals surface area contributed by atoms with Gasteiger partial charge in [0, 0.05) is 28.9 Å². The summed E-state index contributed by atoms with van der Waals surface area (Å²) in [5, 5.41) is 2.95. The molecule has 0 unspecified atom stereocenters. The van der Waals surface area contributed by atoms with E-state index in [-0.39, 0.29) is 44.9 Å². The highest BCUT2D eigenvalue weighted by Crippen LogP contribution is 2.35. The minimum absolute atomic E-state index is 0.0511. The number of nitrogens with two attached hydrogens (primary N) is 2. The summed E-state index contributed by atoms with van der Waals surface area (Å²) in [6.07, 6.45) is 0. The Bertz CT molecular complexity index is 1040. The third-order valence-corrected chi connectivity index (χ3v) is 4.68. The molecule has 6 N–H and O–H groups in total. The Morgan fingerprint density at radius 2 is 2.04 bits per heavy atom. The van der Waals surface area contributed by atoms with Crippen molar-refractivity contribution < 1.29 is 13.9 Å². The maximum Gasteiger partial charge on any atom is 0.270 e. The quantitative estimate of drug-likeness (QED) is 0.394. The lowest BCUT2D eigenvalue weighted by atomic mass is 10.2. The van der Waals surface area contributed by atoms with Gasteiger partial charge in [0.25, 0.3) is 5.91 Å². The first-order chi connectivity index (χ1) is 13.2. The number of carbonyl (C=O) groups excluding carboxylic acids is 1. The Morgan fingerprint density at radius 1 is 1.29 bits per heavy atom. The van der Waals surface area contributed by atoms with Crippen molar-refractivity contribution in [1.29, 1.82) is 0 Å². The number of ether oxygens (including phenoxy) is 1. The zero-order valence-electron chi connectivity index (χ0n) is 14.0. The van der Waals surface area contributed by atoms with Crippen LogP contribution in [0.2, 0.25) is 10.0 Å². The molecule has 0 atom stereocenters. The molecule has 7 nitrogen and oxygen atoms in total. The van der Waals surface area contributed by atoms with Gasteiger partial charge >= 0.3 is 0 Å². The zero-order chi connectivity index (χ0) is 20.4. The molecule has 0 bridgehead atoms. The molecule has 2 aromatic carbocycles. The van der Waals surface area contributed by atoms with E-state index >= 15 is 0 Å². The van der Waals surface area contributed by atoms with Crippen LogP contribution in [0, 0.1) is 5.82 Å². The second-order valence-corrected chi connectivity index (χ2v) is 7.24. The third kappa shape index (κ3) is 4.49. The molecule has 3 aromatic rings. The molecule has 0 fully saturated rings. The van der Waals surface area contributed by atoms with Gasteiger partial charge < -0.3 is 26.5 Å². The van der Waals surface area contributed by atoms with Gasteiger partial charge in [0.2, 0.25) is 0 Å². The summed E-state index contributed by atoms with van der Waals surface area (Å²) in [5.74, 6) is -1.15. The van der Waals surface area contributed by atoms with Crippen molar-refractivity contribution in [3.63, 3.8) is 0 Å². The van der Waals surface area contributed by atoms with Gasteiger partial charge in [0.1, 0.15) is 16.0 Å². The number of H-pyrrole nitrogens is 1. The number of aromatic nitrogens is 2. The van der Waals surface area contributed by atoms with Gasteiger partial charge in [-0.2, -0.15) is 0 Å². The van der Waals surface area contributed by atoms with Crippen molar-refractivity contribution in [2.24, 2.45) is 0 Å². The maximum absolute atomic E-state index is 14.9. The van der Waals surface area contributed by atoms with E-state index in [1.807, 2.05) is 0 Å². The van der Waals surface area contributed by atoms with Gasteiger partial charge in [-0.3, -0.25) is 4.79 Å². The van der Waals surface area contributed by atoms with Gasteiger partial charge in [-0.25, -0.2) is 9.37 Å². The van der Waals surface area contributed by atoms with Gasteiger partial charge in [-0.15, -0.1) is 0 Å². The highest BCUT2D eigenvalue weighted by molar-refractivity contribution is 9.10. The van der Waals surface area contributed by atoms with Gasteiger partial charge in [-0.05, 0) is 34.1 Å². The van der Waals surface area contributed by atoms with Gasteiger partial charge in [0.15, 0.2) is 17.5 Å². The lowest BCUT2D eigenvalue weighted by Crippen LogP contribution is -2.24. The molecule has 146 valence electrons. The minimum Gasteiger partial charge on any atom is -0.453 e. The summed E-state index contributed by atoms with van der Waals surface area (Å²) in [6.45, 7) is -0.124. The summed E-state index contributed by atoms with van der Waals surface area (Å²) < 4.78 is 20.7. The molecule has 0 aliphatic carbocycles. The van der Waals surface area contributed by atoms with E-state index in [1.165, 1.54) is 30.3 Å². The van der Waals surface area contributed by atoms with Crippen molar-refractivity contribution >= 4 is 56.7 Å². The summed E-state index contributed by atoms with van der Waals surface area (Å²) in [5.41, 5.74) is 11.8. The number of nitrogen functional groups attached to an aromatic ring is 2. The number of aromatic amines is 1. The van der Waals surface area contributed by atoms with Crippen LogP contribution >= 0.6 is 39.1 Å². The van der Waals surface area contributed by atoms with Crippen LogP contribution in [-0.4, -0.2) is 15.9 Å². The Hall–Kier alpha value is -2.49. The van der Waals surface area contributed by atoms with Crippen molar-refractivity contribution in [1.82, 2.24) is 15.3 Å². The molecule has 0 saturated carbocycles. The van der Waals surface area contributed by atoms with Crippen molar-refractivity contribution in [3.8, 4) is 11.5 Å². The lowest BCUT2D eigenvalue weighted by molar-refractivity contribution is 0.0945. The van der Waals surface area contributed by atoms with E-state index in [0.29, 0.717) is 10.7 Å². The molecule has 0 aliphatic heterocycles. The number of hydrogen-bond acceptors (Lipinski definition) is 5. The molecule has 3 rings (SSSR count). The van der Waals surface area contributed by atoms with E-state index in [2.05, 4.69) is 31.2 Å². The second kappa shape index (κ2) is 8.26. The third-order valence-electron chi connectivity index (χ3n) is 3.59. The van der Waals surface area contributed by atoms with E-state index in [4.69, 9.17) is 39.4 Å². The summed E-state index contributed by atoms with van der Waals surface area (Å²) >= 11 is 15.1. The number of nitrogens with one attached hydrogen (secondary N) is 2. The first-order valence-corrected chi connectivity index (χ1v) is 9.29. The number of nitrogens with zero attached hydrogens (tertiary/aromatic N) is 1. The Labute approximate surface area is 177 Å². The maximum atomic E-state index is 14.9. The lowest BCUT2D eigenvalue weighted by Gasteiger charge is -2.13. The number of halogens is 4. The normalized spacial score (nSPS) is 10.7. The minimum atomic E-state index is -0.727. The molecule has 0 spiro atoms. The van der Waals surface area contributed by atoms with Crippen LogP contribution < -0.4 is 21.5 Å². The summed E-state index contributed by atoms with van der Waals surface area (Å²) in [4.78, 5) is 18.6. The van der Waals surface area contributed by atoms with E-state index in [0.717, 1.165) is 0 Å². The Kier molecular flexibility index (Phi) is 5.97. The molecule has 1 heterocycles. The van der Waals surface area contributed by atoms with Gasteiger partial charge in [0.05, 0.1) is 5.02 Å². The van der Waals surface area contributed by atoms with Gasteiger partial charge in [-0.1, -0.05) is 29.3 Å². The molecular weight excluding hydrogens is 476 g/mol. The largest absolute Gasteiger partial charge is 0.453 e. The predicted molar refractivity (Wildman–Crippen MR) is 109 cm³/mol. The smallest absolute Gasteiger partial charge is 0.270 e. The summed E-state index contributed by atoms with van der Waals surface area (Å²) in [6, 6.07) is 7.38. The van der Waals surface area contributed by atoms with Crippen molar-refractivity contribution in [2.75, 3.05) is 11.5 Å². The van der Waals surface area contributed by atoms with E-state index in [1.54, 1.807) is 0 Å². The molecule has 11 heteroatoms. The van der Waals surface area contributed by atoms with Crippen LogP contribution in [0.5, 0.6) is 11.5 Å². The first-order valence-electron chi connectivity index (χ1n) is 7.74. The summed E-state index contributed by atoms with van der Waals surface area (Å²) in [7, 11) is 0. The number of carbonyl (C=O) groups is 1. The first kappa shape index (κ1) is 20.2. The second-order valence-electron chi connectivity index (χ2n) is 5.64. The van der Waals surface area contributed by atoms with Crippen LogP contribution in [0.25, 0.3) is 0 Å². The van der Waals surface area contributed by atoms with Crippen LogP contribution in [0.1, 0.15) is 16.1 Å². The topological polar surface area (TPSA) is 119 Å². The number of benzene rings is 2. The fourth-order valence-electron chi connectivity index (χ4n) is 2.35. The van der Waals surface area contributed by atoms with E-state index in [9.17, 15) is 9.18 Å². The molecule has 1 amide bonds. The number of anilines is 2. The van der Waals surface area contributed by atoms with Crippen molar-refractivity contribution in [2.45, 2.75) is 6.54 Å². The number of amides is 1. The monoisotopic (exact) mass is 487 g/mol. The Balaban J connectivity index is 1.80. The molecule has 1 aromatic heterocycles. The number of hydrogen-bond donors (Lipinski definition) is 4. The fourth-order valence-corrected chi connectivity index (χ4v) is 3.24. The number of rotatable bonds is 5. The highest BCUT2D eigenvalue weighted by atomic mass is 79.9. The Morgan fingerprint density at radius 3 is 2.68 bits per heavy atom. The van der Waals surface area contributed by atoms with Crippen LogP contribution in [0.3, 0.4) is 0 Å². The average molecular weight is 489 g/mol. The molecule has 0 aliphatic rings. The molecule has 0 saturated heterocycles. The van der Waals surface area contributed by atoms with E-state index < -0.39 is 11.7 Å². The SMILES string of the molecule is Nc1cc(Cl)cc(Oc2c(Cl)ccc(CNC(=O)c3[nH]c(N)nc3Br)c2F)c1. The molecular formula is C17H13BrCl2FN5O2. The van der Waals surface area contributed by atoms with Crippen molar-refractivity contribution in [3.05, 3.63) is 62.1 Å². The molecule has 0 radical (unpaired) electrons. The van der Waals surface area contributed by atoms with Crippen LogP contribution in [-0.2, 0) is 6.54 Å². The molecule has 28 heavy (non-hydrogen) atoms. The standard InChI is InChI=1S/C17H13BrCl2FN5O2/c18-15-13(25-17(23)26-15)16(27)24-6-7-1-2-11(20)14(12(7)21)28-10-4-8(19)3-9(22)5-10/h1-5H,6,22H2,(H,24,27)(H3,23,25,26). The van der Waals surface area contributed by atoms with Crippen LogP contribution in [0.15, 0.2) is 34.9 Å². The zero-order valence-corrected chi connectivity index (χ0v) is 17.1. The highest BCUT2D eigenvalue weighted by Gasteiger charge is 2.18. The fraction of sp³-hybridized carbons (Fsp3) is 0.0588. The predicted octanol–water partition coefficient (Wildman–Crippen LogP) is 4.50. The van der Waals surface area contributed by atoms with Crippen LogP contribution in [0.4, 0.5) is 16.0 Å².